The van der Waals surface area contributed by atoms with Gasteiger partial charge in [0.2, 0.25) is 0 Å². The topological polar surface area (TPSA) is 38.0 Å². The number of fused-ring (bicyclic) bond motifs is 1. The van der Waals surface area contributed by atoms with E-state index in [1.54, 1.807) is 0 Å². The van der Waals surface area contributed by atoms with E-state index in [0.29, 0.717) is 0 Å². The Morgan fingerprint density at radius 2 is 2.06 bits per heavy atom. The summed E-state index contributed by atoms with van der Waals surface area (Å²) in [7, 11) is 1.95. The molecule has 2 aromatic rings. The summed E-state index contributed by atoms with van der Waals surface area (Å²) in [6, 6.07) is 6.16. The van der Waals surface area contributed by atoms with Gasteiger partial charge in [-0.1, -0.05) is 26.0 Å². The number of benzene rings is 1. The maximum absolute atomic E-state index is 9.48. The molecule has 0 saturated heterocycles. The molecule has 1 heterocycles. The standard InChI is InChI=1S/C13H18N2O/c1-9-12-10(13(2,3)8-16)6-5-7-11(12)15(4)14-9/h5-7,16H,8H2,1-4H3. The van der Waals surface area contributed by atoms with Crippen LogP contribution in [0.1, 0.15) is 25.1 Å². The number of hydrogen-bond donors (Lipinski definition) is 1. The third-order valence-electron chi connectivity index (χ3n) is 3.18. The minimum Gasteiger partial charge on any atom is -0.395 e. The van der Waals surface area contributed by atoms with Gasteiger partial charge in [0.25, 0.3) is 0 Å². The molecule has 0 spiro atoms. The fourth-order valence-corrected chi connectivity index (χ4v) is 2.17. The molecule has 0 aliphatic heterocycles. The van der Waals surface area contributed by atoms with Crippen molar-refractivity contribution in [2.75, 3.05) is 6.61 Å². The number of aliphatic hydroxyl groups excluding tert-OH is 1. The normalized spacial score (nSPS) is 12.3. The number of aliphatic hydroxyl groups is 1. The second-order valence-electron chi connectivity index (χ2n) is 4.95. The molecule has 0 amide bonds. The van der Waals surface area contributed by atoms with Gasteiger partial charge in [0.05, 0.1) is 17.8 Å². The van der Waals surface area contributed by atoms with Gasteiger partial charge in [0.15, 0.2) is 0 Å². The first-order valence-electron chi connectivity index (χ1n) is 5.51. The average molecular weight is 218 g/mol. The zero-order chi connectivity index (χ0) is 11.9. The molecule has 16 heavy (non-hydrogen) atoms. The third-order valence-corrected chi connectivity index (χ3v) is 3.18. The van der Waals surface area contributed by atoms with Crippen LogP contribution in [-0.2, 0) is 12.5 Å². The number of aromatic nitrogens is 2. The third kappa shape index (κ3) is 1.52. The number of nitrogens with zero attached hydrogens (tertiary/aromatic N) is 2. The van der Waals surface area contributed by atoms with Crippen LogP contribution in [0.5, 0.6) is 0 Å². The molecule has 2 rings (SSSR count). The first-order valence-corrected chi connectivity index (χ1v) is 5.51. The monoisotopic (exact) mass is 218 g/mol. The van der Waals surface area contributed by atoms with E-state index >= 15 is 0 Å². The highest BCUT2D eigenvalue weighted by atomic mass is 16.3. The Morgan fingerprint density at radius 3 is 2.69 bits per heavy atom. The molecule has 0 bridgehead atoms. The predicted molar refractivity (Wildman–Crippen MR) is 65.6 cm³/mol. The van der Waals surface area contributed by atoms with Gasteiger partial charge in [-0.3, -0.25) is 4.68 Å². The molecule has 0 saturated carbocycles. The van der Waals surface area contributed by atoms with Crippen LogP contribution in [-0.4, -0.2) is 21.5 Å². The van der Waals surface area contributed by atoms with E-state index in [1.165, 1.54) is 5.39 Å². The smallest absolute Gasteiger partial charge is 0.0684 e. The highest BCUT2D eigenvalue weighted by Gasteiger charge is 2.23. The molecular weight excluding hydrogens is 200 g/mol. The lowest BCUT2D eigenvalue weighted by atomic mass is 9.83. The van der Waals surface area contributed by atoms with E-state index in [-0.39, 0.29) is 12.0 Å². The second kappa shape index (κ2) is 3.59. The van der Waals surface area contributed by atoms with Crippen LogP contribution in [0, 0.1) is 6.92 Å². The Hall–Kier alpha value is -1.35. The van der Waals surface area contributed by atoms with Crippen LogP contribution < -0.4 is 0 Å². The van der Waals surface area contributed by atoms with E-state index in [1.807, 2.05) is 38.6 Å². The van der Waals surface area contributed by atoms with Crippen molar-refractivity contribution in [3.8, 4) is 0 Å². The molecular formula is C13H18N2O. The summed E-state index contributed by atoms with van der Waals surface area (Å²) < 4.78 is 1.89. The SMILES string of the molecule is Cc1nn(C)c2cccc(C(C)(C)CO)c12. The summed E-state index contributed by atoms with van der Waals surface area (Å²) in [6.45, 7) is 6.25. The van der Waals surface area contributed by atoms with E-state index in [0.717, 1.165) is 16.8 Å². The van der Waals surface area contributed by atoms with Crippen molar-refractivity contribution in [2.45, 2.75) is 26.2 Å². The molecule has 3 nitrogen and oxygen atoms in total. The Kier molecular flexibility index (Phi) is 2.50. The van der Waals surface area contributed by atoms with Crippen LogP contribution in [0.25, 0.3) is 10.9 Å². The van der Waals surface area contributed by atoms with Gasteiger partial charge in [-0.25, -0.2) is 0 Å². The fourth-order valence-electron chi connectivity index (χ4n) is 2.17. The van der Waals surface area contributed by atoms with Gasteiger partial charge in [-0.05, 0) is 18.6 Å². The summed E-state index contributed by atoms with van der Waals surface area (Å²) in [6.07, 6.45) is 0. The molecule has 1 aromatic heterocycles. The van der Waals surface area contributed by atoms with Crippen LogP contribution in [0.15, 0.2) is 18.2 Å². The van der Waals surface area contributed by atoms with Crippen LogP contribution in [0.4, 0.5) is 0 Å². The Labute approximate surface area is 95.7 Å². The van der Waals surface area contributed by atoms with Crippen molar-refractivity contribution in [3.05, 3.63) is 29.5 Å². The quantitative estimate of drug-likeness (QED) is 0.838. The lowest BCUT2D eigenvalue weighted by Gasteiger charge is -2.23. The minimum absolute atomic E-state index is 0.139. The maximum atomic E-state index is 9.48. The summed E-state index contributed by atoms with van der Waals surface area (Å²) >= 11 is 0. The first-order chi connectivity index (χ1) is 7.47. The molecule has 1 N–H and O–H groups in total. The second-order valence-corrected chi connectivity index (χ2v) is 4.95. The summed E-state index contributed by atoms with van der Waals surface area (Å²) in [4.78, 5) is 0. The summed E-state index contributed by atoms with van der Waals surface area (Å²) in [5, 5.41) is 15.1. The fraction of sp³-hybridized carbons (Fsp3) is 0.462. The summed E-state index contributed by atoms with van der Waals surface area (Å²) in [5.74, 6) is 0. The van der Waals surface area contributed by atoms with Crippen molar-refractivity contribution in [1.29, 1.82) is 0 Å². The van der Waals surface area contributed by atoms with Gasteiger partial charge >= 0.3 is 0 Å². The lowest BCUT2D eigenvalue weighted by molar-refractivity contribution is 0.219. The summed E-state index contributed by atoms with van der Waals surface area (Å²) in [5.41, 5.74) is 3.08. The van der Waals surface area contributed by atoms with Crippen molar-refractivity contribution in [2.24, 2.45) is 7.05 Å². The van der Waals surface area contributed by atoms with Gasteiger partial charge in [0.1, 0.15) is 0 Å². The Balaban J connectivity index is 2.81. The molecule has 3 heteroatoms. The number of hydrogen-bond acceptors (Lipinski definition) is 2. The molecule has 0 aliphatic carbocycles. The molecule has 0 unspecified atom stereocenters. The minimum atomic E-state index is -0.229. The predicted octanol–water partition coefficient (Wildman–Crippen LogP) is 2.15. The van der Waals surface area contributed by atoms with Crippen LogP contribution in [0.2, 0.25) is 0 Å². The highest BCUT2D eigenvalue weighted by Crippen LogP contribution is 2.31. The number of aryl methyl sites for hydroxylation is 2. The largest absolute Gasteiger partial charge is 0.395 e. The van der Waals surface area contributed by atoms with Crippen molar-refractivity contribution in [1.82, 2.24) is 9.78 Å². The van der Waals surface area contributed by atoms with Gasteiger partial charge in [-0.2, -0.15) is 5.10 Å². The van der Waals surface area contributed by atoms with Crippen molar-refractivity contribution >= 4 is 10.9 Å². The average Bonchev–Trinajstić information content (AvgIpc) is 2.55. The molecule has 86 valence electrons. The molecule has 0 atom stereocenters. The van der Waals surface area contributed by atoms with E-state index in [4.69, 9.17) is 0 Å². The Morgan fingerprint density at radius 1 is 1.38 bits per heavy atom. The molecule has 1 aromatic carbocycles. The first kappa shape index (κ1) is 11.1. The van der Waals surface area contributed by atoms with Crippen molar-refractivity contribution in [3.63, 3.8) is 0 Å². The maximum Gasteiger partial charge on any atom is 0.0684 e. The van der Waals surface area contributed by atoms with E-state index < -0.39 is 0 Å². The molecule has 0 radical (unpaired) electrons. The molecule has 0 fully saturated rings. The lowest BCUT2D eigenvalue weighted by Crippen LogP contribution is -2.22. The van der Waals surface area contributed by atoms with Crippen LogP contribution >= 0.6 is 0 Å². The van der Waals surface area contributed by atoms with Gasteiger partial charge < -0.3 is 5.11 Å². The Bertz CT molecular complexity index is 526. The van der Waals surface area contributed by atoms with Crippen molar-refractivity contribution < 1.29 is 5.11 Å². The van der Waals surface area contributed by atoms with Gasteiger partial charge in [0, 0.05) is 17.8 Å². The van der Waals surface area contributed by atoms with E-state index in [9.17, 15) is 5.11 Å². The molecule has 0 aliphatic rings. The highest BCUT2D eigenvalue weighted by molar-refractivity contribution is 5.86. The van der Waals surface area contributed by atoms with Gasteiger partial charge in [-0.15, -0.1) is 0 Å². The zero-order valence-electron chi connectivity index (χ0n) is 10.3. The van der Waals surface area contributed by atoms with E-state index in [2.05, 4.69) is 17.2 Å². The van der Waals surface area contributed by atoms with Crippen LogP contribution in [0.3, 0.4) is 0 Å². The number of rotatable bonds is 2. The zero-order valence-corrected chi connectivity index (χ0v) is 10.3.